The number of esters is 1. The number of unbranched alkanes of at least 4 members (excludes halogenated alkanes) is 5. The lowest BCUT2D eigenvalue weighted by Crippen LogP contribution is -2.26. The van der Waals surface area contributed by atoms with Crippen LogP contribution in [-0.4, -0.2) is 16.3 Å². The van der Waals surface area contributed by atoms with Gasteiger partial charge in [-0.1, -0.05) is 65.4 Å². The highest BCUT2D eigenvalue weighted by atomic mass is 35.5. The van der Waals surface area contributed by atoms with Gasteiger partial charge in [-0.2, -0.15) is 0 Å². The predicted octanol–water partition coefficient (Wildman–Crippen LogP) is 7.21. The van der Waals surface area contributed by atoms with Crippen molar-refractivity contribution in [3.8, 4) is 17.0 Å². The van der Waals surface area contributed by atoms with E-state index in [9.17, 15) is 4.79 Å². The number of carbonyl (C=O) groups is 1. The number of hydrogen-bond donors (Lipinski definition) is 0. The normalized spacial score (nSPS) is 13.1. The Balaban J connectivity index is 1.85. The van der Waals surface area contributed by atoms with Gasteiger partial charge in [0.05, 0.1) is 5.69 Å². The minimum absolute atomic E-state index is 0.0856. The van der Waals surface area contributed by atoms with Gasteiger partial charge in [0.25, 0.3) is 0 Å². The van der Waals surface area contributed by atoms with Gasteiger partial charge in [0, 0.05) is 11.8 Å². The van der Waals surface area contributed by atoms with Crippen LogP contribution in [0.1, 0.15) is 71.3 Å². The molecule has 29 heavy (non-hydrogen) atoms. The van der Waals surface area contributed by atoms with Crippen LogP contribution in [0.25, 0.3) is 11.3 Å². The largest absolute Gasteiger partial charge is 0.425 e. The summed E-state index contributed by atoms with van der Waals surface area (Å²) >= 11 is 6.16. The van der Waals surface area contributed by atoms with E-state index in [2.05, 4.69) is 24.0 Å². The number of benzene rings is 1. The average molecular weight is 416 g/mol. The molecule has 0 aliphatic carbocycles. The fourth-order valence-electron chi connectivity index (χ4n) is 3.16. The smallest absolute Gasteiger partial charge is 0.329 e. The zero-order valence-corrected chi connectivity index (χ0v) is 18.8. The van der Waals surface area contributed by atoms with Gasteiger partial charge in [-0.3, -0.25) is 9.78 Å². The number of rotatable bonds is 12. The lowest BCUT2D eigenvalue weighted by Gasteiger charge is -2.15. The van der Waals surface area contributed by atoms with E-state index in [-0.39, 0.29) is 5.92 Å². The molecule has 1 aromatic carbocycles. The van der Waals surface area contributed by atoms with Gasteiger partial charge < -0.3 is 4.74 Å². The van der Waals surface area contributed by atoms with E-state index in [1.54, 1.807) is 12.1 Å². The third-order valence-corrected chi connectivity index (χ3v) is 5.99. The van der Waals surface area contributed by atoms with Crippen molar-refractivity contribution in [2.75, 3.05) is 0 Å². The van der Waals surface area contributed by atoms with E-state index in [4.69, 9.17) is 16.3 Å². The molecule has 2 unspecified atom stereocenters. The minimum atomic E-state index is -0.625. The van der Waals surface area contributed by atoms with Crippen LogP contribution in [0.4, 0.5) is 0 Å². The van der Waals surface area contributed by atoms with Gasteiger partial charge in [-0.15, -0.1) is 11.6 Å². The summed E-state index contributed by atoms with van der Waals surface area (Å²) in [5.74, 6) is 0.195. The minimum Gasteiger partial charge on any atom is -0.425 e. The van der Waals surface area contributed by atoms with Crippen molar-refractivity contribution in [1.82, 2.24) is 4.98 Å². The Bertz CT molecular complexity index is 727. The van der Waals surface area contributed by atoms with Crippen molar-refractivity contribution in [3.05, 3.63) is 48.2 Å². The second-order valence-corrected chi connectivity index (χ2v) is 8.27. The molecular weight excluding hydrogens is 382 g/mol. The Hall–Kier alpha value is -1.87. The molecule has 158 valence electrons. The number of ether oxygens (including phenoxy) is 1. The van der Waals surface area contributed by atoms with E-state index in [1.165, 1.54) is 44.1 Å². The first-order chi connectivity index (χ1) is 14.0. The molecule has 0 saturated heterocycles. The van der Waals surface area contributed by atoms with E-state index in [0.29, 0.717) is 5.75 Å². The van der Waals surface area contributed by atoms with Crippen LogP contribution >= 0.6 is 11.6 Å². The number of pyridine rings is 1. The van der Waals surface area contributed by atoms with E-state index in [1.807, 2.05) is 32.2 Å². The lowest BCUT2D eigenvalue weighted by molar-refractivity contribution is -0.134. The zero-order chi connectivity index (χ0) is 21.1. The van der Waals surface area contributed by atoms with Crippen molar-refractivity contribution in [2.24, 2.45) is 5.92 Å². The number of aromatic nitrogens is 1. The van der Waals surface area contributed by atoms with Crippen LogP contribution in [-0.2, 0) is 11.2 Å². The summed E-state index contributed by atoms with van der Waals surface area (Å²) in [5.41, 5.74) is 3.21. The molecule has 0 bridgehead atoms. The number of hydrogen-bond acceptors (Lipinski definition) is 3. The van der Waals surface area contributed by atoms with Crippen molar-refractivity contribution in [3.63, 3.8) is 0 Å². The fraction of sp³-hybridized carbons (Fsp3) is 0.520. The number of carbonyl (C=O) groups excluding carboxylic acids is 1. The fourth-order valence-corrected chi connectivity index (χ4v) is 3.38. The molecule has 0 fully saturated rings. The first kappa shape index (κ1) is 23.4. The van der Waals surface area contributed by atoms with Gasteiger partial charge in [0.2, 0.25) is 0 Å². The molecule has 0 radical (unpaired) electrons. The number of alkyl halides is 1. The summed E-state index contributed by atoms with van der Waals surface area (Å²) in [5, 5.41) is -0.625. The SMILES string of the molecule is CCCCCCCCc1ccc(-c2ccc(OC(=O)C(Cl)C(C)CC)cc2)nc1. The second-order valence-electron chi connectivity index (χ2n) is 7.80. The van der Waals surface area contributed by atoms with Crippen LogP contribution in [0, 0.1) is 5.92 Å². The second kappa shape index (κ2) is 12.6. The van der Waals surface area contributed by atoms with Crippen molar-refractivity contribution in [2.45, 2.75) is 77.5 Å². The molecule has 2 rings (SSSR count). The van der Waals surface area contributed by atoms with Crippen molar-refractivity contribution >= 4 is 17.6 Å². The number of halogens is 1. The van der Waals surface area contributed by atoms with Crippen LogP contribution in [0.15, 0.2) is 42.6 Å². The third kappa shape index (κ3) is 7.81. The summed E-state index contributed by atoms with van der Waals surface area (Å²) < 4.78 is 5.40. The first-order valence-corrected chi connectivity index (χ1v) is 11.4. The van der Waals surface area contributed by atoms with Gasteiger partial charge >= 0.3 is 5.97 Å². The monoisotopic (exact) mass is 415 g/mol. The molecule has 0 spiro atoms. The maximum Gasteiger partial charge on any atom is 0.329 e. The van der Waals surface area contributed by atoms with Gasteiger partial charge in [-0.25, -0.2) is 0 Å². The molecule has 2 atom stereocenters. The lowest BCUT2D eigenvalue weighted by atomic mass is 10.0. The predicted molar refractivity (Wildman–Crippen MR) is 121 cm³/mol. The van der Waals surface area contributed by atoms with Gasteiger partial charge in [0.15, 0.2) is 0 Å². The Morgan fingerprint density at radius 2 is 1.69 bits per heavy atom. The molecule has 3 nitrogen and oxygen atoms in total. The summed E-state index contributed by atoms with van der Waals surface area (Å²) in [6.07, 6.45) is 11.7. The summed E-state index contributed by atoms with van der Waals surface area (Å²) in [4.78, 5) is 16.7. The highest BCUT2D eigenvalue weighted by Gasteiger charge is 2.23. The van der Waals surface area contributed by atoms with Crippen LogP contribution < -0.4 is 4.74 Å². The van der Waals surface area contributed by atoms with E-state index < -0.39 is 11.3 Å². The first-order valence-electron chi connectivity index (χ1n) is 11.0. The molecule has 0 amide bonds. The van der Waals surface area contributed by atoms with Crippen LogP contribution in [0.3, 0.4) is 0 Å². The molecule has 0 aliphatic heterocycles. The summed E-state index contributed by atoms with van der Waals surface area (Å²) in [6.45, 7) is 6.20. The topological polar surface area (TPSA) is 39.2 Å². The third-order valence-electron chi connectivity index (χ3n) is 5.38. The molecule has 2 aromatic rings. The Morgan fingerprint density at radius 3 is 2.31 bits per heavy atom. The Morgan fingerprint density at radius 1 is 1.00 bits per heavy atom. The molecule has 4 heteroatoms. The number of nitrogens with zero attached hydrogens (tertiary/aromatic N) is 1. The van der Waals surface area contributed by atoms with Crippen LogP contribution in [0.2, 0.25) is 0 Å². The van der Waals surface area contributed by atoms with E-state index >= 15 is 0 Å². The van der Waals surface area contributed by atoms with E-state index in [0.717, 1.165) is 24.1 Å². The Labute approximate surface area is 180 Å². The van der Waals surface area contributed by atoms with Crippen molar-refractivity contribution < 1.29 is 9.53 Å². The standard InChI is InChI=1S/C25H34ClNO2/c1-4-6-7-8-9-10-11-20-12-17-23(27-18-20)21-13-15-22(16-14-21)29-25(28)24(26)19(3)5-2/h12-19,24H,4-11H2,1-3H3. The molecular formula is C25H34ClNO2. The highest BCUT2D eigenvalue weighted by molar-refractivity contribution is 6.30. The van der Waals surface area contributed by atoms with Gasteiger partial charge in [0.1, 0.15) is 11.1 Å². The number of aryl methyl sites for hydroxylation is 1. The molecule has 1 aromatic heterocycles. The molecule has 0 saturated carbocycles. The average Bonchev–Trinajstić information content (AvgIpc) is 2.76. The van der Waals surface area contributed by atoms with Crippen LogP contribution in [0.5, 0.6) is 5.75 Å². The maximum absolute atomic E-state index is 12.1. The summed E-state index contributed by atoms with van der Waals surface area (Å²) in [7, 11) is 0. The molecule has 1 heterocycles. The quantitative estimate of drug-likeness (QED) is 0.159. The molecule has 0 aliphatic rings. The molecule has 0 N–H and O–H groups in total. The Kier molecular flexibility index (Phi) is 10.2. The maximum atomic E-state index is 12.1. The summed E-state index contributed by atoms with van der Waals surface area (Å²) in [6, 6.07) is 11.6. The van der Waals surface area contributed by atoms with Crippen molar-refractivity contribution in [1.29, 1.82) is 0 Å². The van der Waals surface area contributed by atoms with Gasteiger partial charge in [-0.05, 0) is 54.7 Å². The highest BCUT2D eigenvalue weighted by Crippen LogP contribution is 2.23. The zero-order valence-electron chi connectivity index (χ0n) is 18.0.